The number of nitrogens with one attached hydrogen (secondary N) is 2. The first kappa shape index (κ1) is 23.2. The summed E-state index contributed by atoms with van der Waals surface area (Å²) in [5.41, 5.74) is 5.72. The predicted molar refractivity (Wildman–Crippen MR) is 119 cm³/mol. The Bertz CT molecular complexity index is 1020. The van der Waals surface area contributed by atoms with Crippen molar-refractivity contribution in [2.75, 3.05) is 18.8 Å². The van der Waals surface area contributed by atoms with Crippen LogP contribution in [0.3, 0.4) is 0 Å². The van der Waals surface area contributed by atoms with E-state index in [1.807, 2.05) is 30.3 Å². The van der Waals surface area contributed by atoms with E-state index in [1.54, 1.807) is 19.1 Å². The third kappa shape index (κ3) is 4.90. The lowest BCUT2D eigenvalue weighted by Crippen LogP contribution is -2.61. The van der Waals surface area contributed by atoms with Crippen molar-refractivity contribution in [3.8, 4) is 0 Å². The highest BCUT2D eigenvalue weighted by Gasteiger charge is 2.53. The molecule has 0 saturated carbocycles. The van der Waals surface area contributed by atoms with Crippen LogP contribution >= 0.6 is 0 Å². The number of sulfone groups is 1. The van der Waals surface area contributed by atoms with Crippen LogP contribution in [0.4, 0.5) is 5.69 Å². The van der Waals surface area contributed by atoms with Crippen molar-refractivity contribution in [3.05, 3.63) is 60.2 Å². The number of hydrogen-bond donors (Lipinski definition) is 4. The van der Waals surface area contributed by atoms with Crippen LogP contribution in [0.25, 0.3) is 0 Å². The number of nitrogens with two attached hydrogens (primary N) is 1. The van der Waals surface area contributed by atoms with E-state index in [9.17, 15) is 18.4 Å². The van der Waals surface area contributed by atoms with E-state index >= 15 is 0 Å². The van der Waals surface area contributed by atoms with Gasteiger partial charge < -0.3 is 16.4 Å². The zero-order valence-corrected chi connectivity index (χ0v) is 18.6. The number of amides is 1. The van der Waals surface area contributed by atoms with Crippen LogP contribution < -0.4 is 16.4 Å². The van der Waals surface area contributed by atoms with Crippen molar-refractivity contribution in [2.24, 2.45) is 0 Å². The molecule has 9 heteroatoms. The van der Waals surface area contributed by atoms with E-state index in [4.69, 9.17) is 5.73 Å². The molecule has 1 saturated heterocycles. The number of carbonyl (C=O) groups excluding carboxylic acids is 1. The summed E-state index contributed by atoms with van der Waals surface area (Å²) in [7, 11) is -3.84. The Hall–Kier alpha value is -2.46. The average Bonchev–Trinajstić information content (AvgIpc) is 3.17. The Morgan fingerprint density at radius 2 is 2.00 bits per heavy atom. The lowest BCUT2D eigenvalue weighted by molar-refractivity contribution is -0.180. The summed E-state index contributed by atoms with van der Waals surface area (Å²) in [6.45, 7) is 4.53. The number of hydrogen-bond acceptors (Lipinski definition) is 7. The number of anilines is 1. The van der Waals surface area contributed by atoms with Gasteiger partial charge in [0.1, 0.15) is 5.54 Å². The van der Waals surface area contributed by atoms with Gasteiger partial charge in [-0.2, -0.15) is 0 Å². The molecule has 1 aliphatic rings. The minimum Gasteiger partial charge on any atom is -0.399 e. The molecule has 0 spiro atoms. The molecule has 0 aromatic heterocycles. The van der Waals surface area contributed by atoms with Crippen molar-refractivity contribution in [1.82, 2.24) is 15.7 Å². The molecule has 168 valence electrons. The molecule has 1 aliphatic heterocycles. The van der Waals surface area contributed by atoms with Crippen LogP contribution in [0.5, 0.6) is 0 Å². The molecule has 8 nitrogen and oxygen atoms in total. The van der Waals surface area contributed by atoms with Crippen LogP contribution in [0.1, 0.15) is 25.8 Å². The normalized spacial score (nSPS) is 22.2. The Morgan fingerprint density at radius 3 is 2.68 bits per heavy atom. The molecule has 3 atom stereocenters. The summed E-state index contributed by atoms with van der Waals surface area (Å²) >= 11 is 0. The highest BCUT2D eigenvalue weighted by Crippen LogP contribution is 2.33. The topological polar surface area (TPSA) is 125 Å². The van der Waals surface area contributed by atoms with Gasteiger partial charge in [0.05, 0.1) is 16.2 Å². The van der Waals surface area contributed by atoms with Gasteiger partial charge >= 0.3 is 0 Å². The standard InChI is InChI=1S/C22H30N4O4S/c1-16(14-24-15-17-7-4-3-5-8-17)26(28)21(27)22(2)20(11-12-25-22)31(29,30)19-10-6-9-18(23)13-19/h3-10,13,16,20,24-25,28H,11-12,14-15,23H2,1-2H3/t16-,20?,22+/m1/s1. The smallest absolute Gasteiger partial charge is 0.267 e. The van der Waals surface area contributed by atoms with Crippen LogP contribution in [0.15, 0.2) is 59.5 Å². The van der Waals surface area contributed by atoms with Gasteiger partial charge in [0.15, 0.2) is 9.84 Å². The number of rotatable bonds is 8. The first-order valence-electron chi connectivity index (χ1n) is 10.3. The number of nitrogen functional groups attached to an aromatic ring is 1. The van der Waals surface area contributed by atoms with E-state index in [-0.39, 0.29) is 11.3 Å². The van der Waals surface area contributed by atoms with Gasteiger partial charge in [0.25, 0.3) is 5.91 Å². The third-order valence-corrected chi connectivity index (χ3v) is 8.15. The minimum atomic E-state index is -3.84. The lowest BCUT2D eigenvalue weighted by Gasteiger charge is -2.35. The fraction of sp³-hybridized carbons (Fsp3) is 0.409. The zero-order valence-electron chi connectivity index (χ0n) is 17.8. The number of benzene rings is 2. The molecule has 5 N–H and O–H groups in total. The van der Waals surface area contributed by atoms with E-state index in [0.717, 1.165) is 5.56 Å². The van der Waals surface area contributed by atoms with Gasteiger partial charge in [-0.3, -0.25) is 10.0 Å². The summed E-state index contributed by atoms with van der Waals surface area (Å²) in [4.78, 5) is 13.3. The molecule has 1 amide bonds. The van der Waals surface area contributed by atoms with Gasteiger partial charge in [-0.05, 0) is 50.6 Å². The fourth-order valence-electron chi connectivity index (χ4n) is 3.95. The maximum Gasteiger partial charge on any atom is 0.267 e. The predicted octanol–water partition coefficient (Wildman–Crippen LogP) is 1.56. The number of hydroxylamine groups is 2. The second-order valence-electron chi connectivity index (χ2n) is 8.14. The van der Waals surface area contributed by atoms with Crippen molar-refractivity contribution in [3.63, 3.8) is 0 Å². The molecular weight excluding hydrogens is 416 g/mol. The summed E-state index contributed by atoms with van der Waals surface area (Å²) < 4.78 is 26.5. The monoisotopic (exact) mass is 446 g/mol. The Kier molecular flexibility index (Phi) is 7.00. The van der Waals surface area contributed by atoms with Gasteiger partial charge in [-0.15, -0.1) is 0 Å². The minimum absolute atomic E-state index is 0.0716. The SMILES string of the molecule is C[C@H](CNCc1ccccc1)N(O)C(=O)[C@@]1(C)NCCC1S(=O)(=O)c1cccc(N)c1. The Labute approximate surface area is 183 Å². The summed E-state index contributed by atoms with van der Waals surface area (Å²) in [5.74, 6) is -0.670. The average molecular weight is 447 g/mol. The number of nitrogens with zero attached hydrogens (tertiary/aromatic N) is 1. The fourth-order valence-corrected chi connectivity index (χ4v) is 6.08. The van der Waals surface area contributed by atoms with Crippen LogP contribution in [-0.4, -0.2) is 54.5 Å². The highest BCUT2D eigenvalue weighted by molar-refractivity contribution is 7.92. The Balaban J connectivity index is 1.71. The van der Waals surface area contributed by atoms with Crippen molar-refractivity contribution < 1.29 is 18.4 Å². The molecule has 1 unspecified atom stereocenters. The van der Waals surface area contributed by atoms with Gasteiger partial charge in [-0.25, -0.2) is 13.5 Å². The van der Waals surface area contributed by atoms with Gasteiger partial charge in [0.2, 0.25) is 0 Å². The second kappa shape index (κ2) is 9.35. The molecular formula is C22H30N4O4S. The first-order chi connectivity index (χ1) is 14.7. The van der Waals surface area contributed by atoms with Gasteiger partial charge in [-0.1, -0.05) is 36.4 Å². The largest absolute Gasteiger partial charge is 0.399 e. The molecule has 3 rings (SSSR count). The zero-order chi connectivity index (χ0) is 22.6. The molecule has 1 fully saturated rings. The van der Waals surface area contributed by atoms with Crippen LogP contribution in [-0.2, 0) is 21.2 Å². The molecule has 1 heterocycles. The van der Waals surface area contributed by atoms with Crippen molar-refractivity contribution >= 4 is 21.4 Å². The van der Waals surface area contributed by atoms with E-state index in [2.05, 4.69) is 10.6 Å². The summed E-state index contributed by atoms with van der Waals surface area (Å²) in [6.07, 6.45) is 0.258. The van der Waals surface area contributed by atoms with Crippen molar-refractivity contribution in [2.45, 2.75) is 48.5 Å². The molecule has 0 bridgehead atoms. The summed E-state index contributed by atoms with van der Waals surface area (Å²) in [6, 6.07) is 15.3. The molecule has 2 aromatic carbocycles. The lowest BCUT2D eigenvalue weighted by atomic mass is 9.98. The van der Waals surface area contributed by atoms with Gasteiger partial charge in [0, 0.05) is 18.8 Å². The molecule has 0 radical (unpaired) electrons. The van der Waals surface area contributed by atoms with Crippen LogP contribution in [0.2, 0.25) is 0 Å². The summed E-state index contributed by atoms with van der Waals surface area (Å²) in [5, 5.41) is 16.4. The van der Waals surface area contributed by atoms with E-state index < -0.39 is 32.6 Å². The molecule has 31 heavy (non-hydrogen) atoms. The molecule has 2 aromatic rings. The van der Waals surface area contributed by atoms with Crippen molar-refractivity contribution in [1.29, 1.82) is 0 Å². The quantitative estimate of drug-likeness (QED) is 0.275. The third-order valence-electron chi connectivity index (χ3n) is 5.79. The van der Waals surface area contributed by atoms with E-state index in [0.29, 0.717) is 30.4 Å². The first-order valence-corrected chi connectivity index (χ1v) is 11.8. The van der Waals surface area contributed by atoms with E-state index in [1.165, 1.54) is 19.1 Å². The Morgan fingerprint density at radius 1 is 1.29 bits per heavy atom. The number of carbonyl (C=O) groups is 1. The molecule has 0 aliphatic carbocycles. The van der Waals surface area contributed by atoms with Crippen LogP contribution in [0, 0.1) is 0 Å². The second-order valence-corrected chi connectivity index (χ2v) is 10.3. The maximum atomic E-state index is 13.3. The maximum absolute atomic E-state index is 13.3. The highest BCUT2D eigenvalue weighted by atomic mass is 32.2.